The molecule has 1 aromatic carbocycles. The van der Waals surface area contributed by atoms with Crippen molar-refractivity contribution in [2.45, 2.75) is 6.42 Å². The maximum absolute atomic E-state index is 12.4. The monoisotopic (exact) mass is 352 g/mol. The van der Waals surface area contributed by atoms with Gasteiger partial charge in [0.05, 0.1) is 0 Å². The minimum absolute atomic E-state index is 0.161. The number of para-hydroxylation sites is 1. The molecule has 0 radical (unpaired) electrons. The van der Waals surface area contributed by atoms with Gasteiger partial charge in [-0.05, 0) is 34.7 Å². The molecule has 2 aromatic heterocycles. The molecule has 0 aliphatic carbocycles. The third-order valence-electron chi connectivity index (χ3n) is 4.47. The molecule has 134 valence electrons. The first kappa shape index (κ1) is 16.2. The van der Waals surface area contributed by atoms with Crippen LogP contribution in [-0.2, 0) is 4.79 Å². The number of carbonyl (C=O) groups excluding carboxylic acids is 1. The molecule has 1 amide bonds. The van der Waals surface area contributed by atoms with Crippen molar-refractivity contribution in [3.63, 3.8) is 0 Å². The van der Waals surface area contributed by atoms with E-state index in [9.17, 15) is 4.79 Å². The zero-order valence-corrected chi connectivity index (χ0v) is 14.3. The molecule has 0 saturated carbocycles. The number of nitrogens with one attached hydrogen (secondary N) is 1. The van der Waals surface area contributed by atoms with Crippen LogP contribution in [0.4, 0.5) is 11.5 Å². The van der Waals surface area contributed by atoms with E-state index in [4.69, 9.17) is 0 Å². The maximum Gasteiger partial charge on any atom is 0.224 e. The van der Waals surface area contributed by atoms with Gasteiger partial charge in [-0.3, -0.25) is 4.79 Å². The van der Waals surface area contributed by atoms with Crippen LogP contribution in [0.15, 0.2) is 42.5 Å². The second-order valence-electron chi connectivity index (χ2n) is 6.13. The third kappa shape index (κ3) is 3.56. The number of fused-ring (bicyclic) bond motifs is 1. The van der Waals surface area contributed by atoms with Crippen molar-refractivity contribution in [3.05, 3.63) is 42.5 Å². The summed E-state index contributed by atoms with van der Waals surface area (Å²) in [4.78, 5) is 16.7. The number of tetrazole rings is 1. The molecule has 0 atom stereocenters. The summed E-state index contributed by atoms with van der Waals surface area (Å²) in [5.41, 5.74) is 1.80. The van der Waals surface area contributed by atoms with Crippen LogP contribution in [0.3, 0.4) is 0 Å². The number of amides is 1. The quantitative estimate of drug-likeness (QED) is 0.721. The van der Waals surface area contributed by atoms with Crippen LogP contribution in [0.25, 0.3) is 5.65 Å². The lowest BCUT2D eigenvalue weighted by Crippen LogP contribution is -2.49. The van der Waals surface area contributed by atoms with Crippen molar-refractivity contribution in [3.8, 4) is 0 Å². The SMILES string of the molecule is O=C(CCNc1ccc2nnnn2n1)N1CCN(c2ccccc2)CC1. The standard InChI is InChI=1S/C17H20N8O/c26-17(8-9-18-15-6-7-16-19-21-22-25(16)20-15)24-12-10-23(11-13-24)14-4-2-1-3-5-14/h1-7H,8-13H2,(H,18,20). The Morgan fingerprint density at radius 3 is 2.65 bits per heavy atom. The van der Waals surface area contributed by atoms with Gasteiger partial charge >= 0.3 is 0 Å². The Balaban J connectivity index is 1.24. The Bertz CT molecular complexity index is 873. The molecular weight excluding hydrogens is 332 g/mol. The topological polar surface area (TPSA) is 91.5 Å². The second kappa shape index (κ2) is 7.34. The van der Waals surface area contributed by atoms with Crippen LogP contribution in [-0.4, -0.2) is 68.8 Å². The van der Waals surface area contributed by atoms with Gasteiger partial charge < -0.3 is 15.1 Å². The van der Waals surface area contributed by atoms with Crippen LogP contribution >= 0.6 is 0 Å². The van der Waals surface area contributed by atoms with Crippen molar-refractivity contribution < 1.29 is 4.79 Å². The second-order valence-corrected chi connectivity index (χ2v) is 6.13. The zero-order chi connectivity index (χ0) is 17.8. The highest BCUT2D eigenvalue weighted by Crippen LogP contribution is 2.15. The van der Waals surface area contributed by atoms with Gasteiger partial charge in [0.1, 0.15) is 5.82 Å². The van der Waals surface area contributed by atoms with Gasteiger partial charge in [-0.1, -0.05) is 18.2 Å². The summed E-state index contributed by atoms with van der Waals surface area (Å²) in [6.45, 7) is 3.75. The lowest BCUT2D eigenvalue weighted by Gasteiger charge is -2.36. The lowest BCUT2D eigenvalue weighted by molar-refractivity contribution is -0.131. The molecule has 0 bridgehead atoms. The van der Waals surface area contributed by atoms with E-state index in [0.29, 0.717) is 24.4 Å². The molecular formula is C17H20N8O. The predicted octanol–water partition coefficient (Wildman–Crippen LogP) is 0.670. The molecule has 26 heavy (non-hydrogen) atoms. The minimum Gasteiger partial charge on any atom is -0.368 e. The van der Waals surface area contributed by atoms with E-state index in [1.54, 1.807) is 12.1 Å². The van der Waals surface area contributed by atoms with E-state index in [2.05, 4.69) is 43.0 Å². The highest BCUT2D eigenvalue weighted by atomic mass is 16.2. The largest absolute Gasteiger partial charge is 0.368 e. The summed E-state index contributed by atoms with van der Waals surface area (Å²) in [6, 6.07) is 13.9. The van der Waals surface area contributed by atoms with E-state index < -0.39 is 0 Å². The Labute approximate surface area is 150 Å². The fourth-order valence-corrected chi connectivity index (χ4v) is 3.05. The Morgan fingerprint density at radius 1 is 1.04 bits per heavy atom. The molecule has 9 heteroatoms. The molecule has 4 rings (SSSR count). The van der Waals surface area contributed by atoms with E-state index >= 15 is 0 Å². The summed E-state index contributed by atoms with van der Waals surface area (Å²) in [6.07, 6.45) is 0.431. The highest BCUT2D eigenvalue weighted by molar-refractivity contribution is 5.77. The summed E-state index contributed by atoms with van der Waals surface area (Å²) < 4.78 is 1.35. The van der Waals surface area contributed by atoms with E-state index in [-0.39, 0.29) is 5.91 Å². The summed E-state index contributed by atoms with van der Waals surface area (Å²) in [7, 11) is 0. The normalized spacial score (nSPS) is 14.6. The van der Waals surface area contributed by atoms with Crippen molar-refractivity contribution in [1.82, 2.24) is 30.2 Å². The minimum atomic E-state index is 0.161. The summed E-state index contributed by atoms with van der Waals surface area (Å²) >= 11 is 0. The highest BCUT2D eigenvalue weighted by Gasteiger charge is 2.20. The summed E-state index contributed by atoms with van der Waals surface area (Å²) in [5, 5.41) is 18.5. The van der Waals surface area contributed by atoms with Crippen LogP contribution in [0.5, 0.6) is 0 Å². The molecule has 1 aliphatic heterocycles. The van der Waals surface area contributed by atoms with Crippen LogP contribution in [0.2, 0.25) is 0 Å². The first-order chi connectivity index (χ1) is 12.8. The van der Waals surface area contributed by atoms with Crippen LogP contribution in [0, 0.1) is 0 Å². The maximum atomic E-state index is 12.4. The fraction of sp³-hybridized carbons (Fsp3) is 0.353. The van der Waals surface area contributed by atoms with Crippen molar-refractivity contribution in [2.75, 3.05) is 42.9 Å². The zero-order valence-electron chi connectivity index (χ0n) is 14.3. The Kier molecular flexibility index (Phi) is 4.59. The fourth-order valence-electron chi connectivity index (χ4n) is 3.05. The van der Waals surface area contributed by atoms with E-state index in [0.717, 1.165) is 26.2 Å². The number of benzene rings is 1. The molecule has 1 fully saturated rings. The van der Waals surface area contributed by atoms with Crippen molar-refractivity contribution in [2.24, 2.45) is 0 Å². The van der Waals surface area contributed by atoms with Gasteiger partial charge in [-0.2, -0.15) is 0 Å². The van der Waals surface area contributed by atoms with Gasteiger partial charge in [-0.25, -0.2) is 0 Å². The van der Waals surface area contributed by atoms with E-state index in [1.165, 1.54) is 10.3 Å². The van der Waals surface area contributed by atoms with Gasteiger partial charge in [0.25, 0.3) is 0 Å². The van der Waals surface area contributed by atoms with Crippen LogP contribution < -0.4 is 10.2 Å². The molecule has 1 saturated heterocycles. The Morgan fingerprint density at radius 2 is 1.85 bits per heavy atom. The number of aromatic nitrogens is 5. The number of anilines is 2. The number of rotatable bonds is 5. The molecule has 3 heterocycles. The number of hydrogen-bond acceptors (Lipinski definition) is 7. The van der Waals surface area contributed by atoms with Gasteiger partial charge in [-0.15, -0.1) is 14.8 Å². The van der Waals surface area contributed by atoms with Gasteiger partial charge in [0.15, 0.2) is 5.65 Å². The number of carbonyl (C=O) groups is 1. The number of nitrogens with zero attached hydrogens (tertiary/aromatic N) is 7. The molecule has 1 N–H and O–H groups in total. The Hall–Kier alpha value is -3.23. The van der Waals surface area contributed by atoms with Crippen LogP contribution in [0.1, 0.15) is 6.42 Å². The number of piperazine rings is 1. The molecule has 1 aliphatic rings. The lowest BCUT2D eigenvalue weighted by atomic mass is 10.2. The molecule has 9 nitrogen and oxygen atoms in total. The average molecular weight is 352 g/mol. The summed E-state index contributed by atoms with van der Waals surface area (Å²) in [5.74, 6) is 0.806. The number of hydrogen-bond donors (Lipinski definition) is 1. The molecule has 0 unspecified atom stereocenters. The van der Waals surface area contributed by atoms with E-state index in [1.807, 2.05) is 23.1 Å². The molecule has 0 spiro atoms. The first-order valence-corrected chi connectivity index (χ1v) is 8.67. The van der Waals surface area contributed by atoms with Crippen molar-refractivity contribution in [1.29, 1.82) is 0 Å². The average Bonchev–Trinajstić information content (AvgIpc) is 3.16. The van der Waals surface area contributed by atoms with Gasteiger partial charge in [0.2, 0.25) is 5.91 Å². The predicted molar refractivity (Wildman–Crippen MR) is 96.9 cm³/mol. The first-order valence-electron chi connectivity index (χ1n) is 8.67. The third-order valence-corrected chi connectivity index (χ3v) is 4.47. The van der Waals surface area contributed by atoms with Crippen molar-refractivity contribution >= 4 is 23.1 Å². The smallest absolute Gasteiger partial charge is 0.224 e. The van der Waals surface area contributed by atoms with Gasteiger partial charge in [0, 0.05) is 44.8 Å². The molecule has 3 aromatic rings.